The number of carbonyl (C=O) groups excluding carboxylic acids is 2. The molecule has 0 saturated heterocycles. The van der Waals surface area contributed by atoms with Crippen molar-refractivity contribution in [3.8, 4) is 11.4 Å². The van der Waals surface area contributed by atoms with Gasteiger partial charge in [0.2, 0.25) is 5.91 Å². The summed E-state index contributed by atoms with van der Waals surface area (Å²) in [7, 11) is -3.63. The van der Waals surface area contributed by atoms with E-state index in [0.717, 1.165) is 28.5 Å². The van der Waals surface area contributed by atoms with Gasteiger partial charge in [-0.25, -0.2) is 13.1 Å². The van der Waals surface area contributed by atoms with E-state index in [9.17, 15) is 31.2 Å². The average Bonchev–Trinajstić information content (AvgIpc) is 3.34. The van der Waals surface area contributed by atoms with E-state index < -0.39 is 45.7 Å². The molecule has 13 heteroatoms. The Morgan fingerprint density at radius 2 is 1.88 bits per heavy atom. The third-order valence-corrected chi connectivity index (χ3v) is 7.71. The molecule has 2 aliphatic rings. The number of sulfone groups is 1. The van der Waals surface area contributed by atoms with Gasteiger partial charge in [0.05, 0.1) is 16.9 Å². The number of ether oxygens (including phenoxy) is 1. The fraction of sp³-hybridized carbons (Fsp3) is 0.370. The SMILES string of the molecule is Cc1cc(C)cc(-n2nc3c(c2NC(=O)CS(C)(=O)=O)C(=O)N[C@@]2(CCc4cc(OCC(F)(F)F)ccc42)C3)c1. The molecule has 2 amide bonds. The van der Waals surface area contributed by atoms with E-state index >= 15 is 0 Å². The zero-order valence-electron chi connectivity index (χ0n) is 22.0. The first-order chi connectivity index (χ1) is 18.6. The summed E-state index contributed by atoms with van der Waals surface area (Å²) < 4.78 is 67.6. The summed E-state index contributed by atoms with van der Waals surface area (Å²) in [4.78, 5) is 26.3. The molecule has 1 atom stereocenters. The maximum atomic E-state index is 13.6. The first kappa shape index (κ1) is 27.7. The number of carbonyl (C=O) groups is 2. The average molecular weight is 577 g/mol. The monoisotopic (exact) mass is 576 g/mol. The largest absolute Gasteiger partial charge is 0.484 e. The highest BCUT2D eigenvalue weighted by atomic mass is 32.2. The van der Waals surface area contributed by atoms with Crippen molar-refractivity contribution in [3.05, 3.63) is 69.9 Å². The number of fused-ring (bicyclic) bond motifs is 3. The molecular weight excluding hydrogens is 549 g/mol. The fourth-order valence-electron chi connectivity index (χ4n) is 5.51. The number of alkyl halides is 3. The Morgan fingerprint density at radius 1 is 1.18 bits per heavy atom. The smallest absolute Gasteiger partial charge is 0.422 e. The summed E-state index contributed by atoms with van der Waals surface area (Å²) in [6.45, 7) is 2.39. The van der Waals surface area contributed by atoms with Crippen molar-refractivity contribution in [1.29, 1.82) is 0 Å². The predicted molar refractivity (Wildman–Crippen MR) is 141 cm³/mol. The summed E-state index contributed by atoms with van der Waals surface area (Å²) in [5, 5.41) is 10.3. The predicted octanol–water partition coefficient (Wildman–Crippen LogP) is 3.54. The maximum Gasteiger partial charge on any atom is 0.422 e. The van der Waals surface area contributed by atoms with Gasteiger partial charge in [-0.15, -0.1) is 0 Å². The van der Waals surface area contributed by atoms with Crippen LogP contribution in [0.15, 0.2) is 36.4 Å². The highest BCUT2D eigenvalue weighted by Crippen LogP contribution is 2.44. The van der Waals surface area contributed by atoms with Crippen molar-refractivity contribution in [2.75, 3.05) is 23.9 Å². The highest BCUT2D eigenvalue weighted by Gasteiger charge is 2.47. The molecule has 0 radical (unpaired) electrons. The highest BCUT2D eigenvalue weighted by molar-refractivity contribution is 7.91. The van der Waals surface area contributed by atoms with Crippen molar-refractivity contribution in [2.45, 2.75) is 44.8 Å². The summed E-state index contributed by atoms with van der Waals surface area (Å²) >= 11 is 0. The van der Waals surface area contributed by atoms with Crippen LogP contribution in [0, 0.1) is 13.8 Å². The van der Waals surface area contributed by atoms with E-state index in [1.165, 1.54) is 10.7 Å². The minimum Gasteiger partial charge on any atom is -0.484 e. The molecule has 1 aliphatic heterocycles. The maximum absolute atomic E-state index is 13.6. The lowest BCUT2D eigenvalue weighted by Crippen LogP contribution is -2.49. The lowest BCUT2D eigenvalue weighted by Gasteiger charge is -2.35. The second kappa shape index (κ2) is 9.65. The second-order valence-electron chi connectivity index (χ2n) is 10.5. The molecule has 2 aromatic carbocycles. The molecule has 0 fully saturated rings. The Morgan fingerprint density at radius 3 is 2.52 bits per heavy atom. The van der Waals surface area contributed by atoms with Gasteiger partial charge in [0.25, 0.3) is 5.91 Å². The zero-order valence-corrected chi connectivity index (χ0v) is 22.8. The van der Waals surface area contributed by atoms with Gasteiger partial charge in [0.1, 0.15) is 22.9 Å². The molecule has 1 aromatic heterocycles. The molecule has 40 heavy (non-hydrogen) atoms. The third-order valence-electron chi connectivity index (χ3n) is 6.93. The Bertz CT molecular complexity index is 1630. The molecule has 2 N–H and O–H groups in total. The van der Waals surface area contributed by atoms with Crippen molar-refractivity contribution < 1.29 is 35.9 Å². The molecule has 2 heterocycles. The third kappa shape index (κ3) is 5.55. The van der Waals surface area contributed by atoms with E-state index in [0.29, 0.717) is 24.2 Å². The van der Waals surface area contributed by atoms with E-state index in [1.54, 1.807) is 12.1 Å². The lowest BCUT2D eigenvalue weighted by molar-refractivity contribution is -0.153. The van der Waals surface area contributed by atoms with Crippen LogP contribution in [0.1, 0.15) is 44.7 Å². The minimum atomic E-state index is -4.46. The van der Waals surface area contributed by atoms with Gasteiger partial charge in [-0.2, -0.15) is 18.3 Å². The molecule has 1 spiro atoms. The van der Waals surface area contributed by atoms with Gasteiger partial charge in [0.15, 0.2) is 16.4 Å². The van der Waals surface area contributed by atoms with Gasteiger partial charge in [-0.3, -0.25) is 9.59 Å². The van der Waals surface area contributed by atoms with E-state index in [4.69, 9.17) is 9.84 Å². The van der Waals surface area contributed by atoms with E-state index in [1.807, 2.05) is 32.0 Å². The van der Waals surface area contributed by atoms with Crippen LogP contribution in [0.3, 0.4) is 0 Å². The number of hydrogen-bond donors (Lipinski definition) is 2. The summed E-state index contributed by atoms with van der Waals surface area (Å²) in [6.07, 6.45) is -2.27. The number of benzene rings is 2. The fourth-order valence-corrected chi connectivity index (χ4v) is 6.06. The van der Waals surface area contributed by atoms with Crippen molar-refractivity contribution >= 4 is 27.5 Å². The molecule has 0 saturated carbocycles. The summed E-state index contributed by atoms with van der Waals surface area (Å²) in [5.74, 6) is -1.92. The quantitative estimate of drug-likeness (QED) is 0.464. The Labute approximate surface area is 228 Å². The summed E-state index contributed by atoms with van der Waals surface area (Å²) in [5.41, 5.74) is 3.64. The number of hydrogen-bond acceptors (Lipinski definition) is 6. The normalized spacial score (nSPS) is 18.3. The molecular formula is C27H27F3N4O5S. The van der Waals surface area contributed by atoms with E-state index in [-0.39, 0.29) is 23.6 Å². The molecule has 3 aromatic rings. The molecule has 212 valence electrons. The number of aromatic nitrogens is 2. The van der Waals surface area contributed by atoms with Crippen LogP contribution in [0.5, 0.6) is 5.75 Å². The van der Waals surface area contributed by atoms with E-state index in [2.05, 4.69) is 10.6 Å². The van der Waals surface area contributed by atoms with Crippen LogP contribution in [0.25, 0.3) is 5.69 Å². The van der Waals surface area contributed by atoms with Crippen molar-refractivity contribution in [2.24, 2.45) is 0 Å². The van der Waals surface area contributed by atoms with Crippen molar-refractivity contribution in [1.82, 2.24) is 15.1 Å². The number of rotatable bonds is 6. The minimum absolute atomic E-state index is 0.0649. The van der Waals surface area contributed by atoms with Gasteiger partial charge in [-0.1, -0.05) is 12.1 Å². The standard InChI is InChI=1S/C27H27F3N4O5S/c1-15-8-16(2)10-18(9-15)34-24(31-22(35)13-40(3,37)38)23-21(33-34)12-26(32-25(23)36)7-6-17-11-19(4-5-20(17)26)39-14-27(28,29)30/h4-5,8-11H,6-7,12-14H2,1-3H3,(H,31,35)(H,32,36)/t26-/m0/s1. The van der Waals surface area contributed by atoms with Gasteiger partial charge >= 0.3 is 6.18 Å². The number of nitrogens with zero attached hydrogens (tertiary/aromatic N) is 2. The van der Waals surface area contributed by atoms with Gasteiger partial charge in [0, 0.05) is 12.7 Å². The molecule has 1 aliphatic carbocycles. The van der Waals surface area contributed by atoms with Crippen LogP contribution >= 0.6 is 0 Å². The number of anilines is 1. The number of amides is 2. The lowest BCUT2D eigenvalue weighted by atomic mass is 9.82. The molecule has 0 unspecified atom stereocenters. The second-order valence-corrected chi connectivity index (χ2v) is 12.6. The Hall–Kier alpha value is -3.87. The van der Waals surface area contributed by atoms with Crippen molar-refractivity contribution in [3.63, 3.8) is 0 Å². The number of halogens is 3. The first-order valence-electron chi connectivity index (χ1n) is 12.5. The Balaban J connectivity index is 1.54. The molecule has 0 bridgehead atoms. The zero-order chi connectivity index (χ0) is 29.0. The topological polar surface area (TPSA) is 119 Å². The molecule has 5 rings (SSSR count). The molecule has 9 nitrogen and oxygen atoms in total. The van der Waals surface area contributed by atoms with Gasteiger partial charge in [-0.05, 0) is 73.2 Å². The number of nitrogens with one attached hydrogen (secondary N) is 2. The van der Waals surface area contributed by atoms with Crippen LogP contribution < -0.4 is 15.4 Å². The van der Waals surface area contributed by atoms with Gasteiger partial charge < -0.3 is 15.4 Å². The summed E-state index contributed by atoms with van der Waals surface area (Å²) in [6, 6.07) is 10.3. The Kier molecular flexibility index (Phi) is 6.68. The van der Waals surface area contributed by atoms with Crippen LogP contribution in [0.4, 0.5) is 19.0 Å². The van der Waals surface area contributed by atoms with Crippen LogP contribution in [-0.2, 0) is 33.0 Å². The number of aryl methyl sites for hydroxylation is 3. The first-order valence-corrected chi connectivity index (χ1v) is 14.5. The van der Waals surface area contributed by atoms with Crippen LogP contribution in [-0.4, -0.2) is 54.8 Å². The van der Waals surface area contributed by atoms with Crippen LogP contribution in [0.2, 0.25) is 0 Å².